The summed E-state index contributed by atoms with van der Waals surface area (Å²) in [4.78, 5) is 0. The third-order valence-electron chi connectivity index (χ3n) is 2.51. The first kappa shape index (κ1) is 14.2. The van der Waals surface area contributed by atoms with Gasteiger partial charge in [0.2, 0.25) is 0 Å². The van der Waals surface area contributed by atoms with Crippen LogP contribution in [0, 0.1) is 11.3 Å². The fraction of sp³-hybridized carbons (Fsp3) is 0.769. The van der Waals surface area contributed by atoms with Crippen LogP contribution in [0.2, 0.25) is 0 Å². The highest BCUT2D eigenvalue weighted by Gasteiger charge is 2.05. The number of hydrogen-bond donors (Lipinski definition) is 0. The Hall–Kier alpha value is -0.810. The van der Waals surface area contributed by atoms with Gasteiger partial charge in [0.25, 0.3) is 0 Å². The van der Waals surface area contributed by atoms with Crippen molar-refractivity contribution in [3.05, 3.63) is 12.2 Å². The van der Waals surface area contributed by atoms with Crippen LogP contribution < -0.4 is 0 Å². The number of rotatable bonds is 9. The Morgan fingerprint density at radius 3 is 2.73 bits per heavy atom. The molecule has 0 amide bonds. The average Bonchev–Trinajstić information content (AvgIpc) is 2.24. The molecule has 0 radical (unpaired) electrons. The molecule has 86 valence electrons. The SMILES string of the molecule is C=C(CCCCCC)C(C)OCCC#N. The molecule has 0 N–H and O–H groups in total. The van der Waals surface area contributed by atoms with E-state index in [1.807, 2.05) is 6.92 Å². The van der Waals surface area contributed by atoms with E-state index in [0.29, 0.717) is 13.0 Å². The van der Waals surface area contributed by atoms with Crippen LogP contribution in [0.3, 0.4) is 0 Å². The van der Waals surface area contributed by atoms with Gasteiger partial charge in [0.05, 0.1) is 25.2 Å². The zero-order valence-corrected chi connectivity index (χ0v) is 10.1. The lowest BCUT2D eigenvalue weighted by molar-refractivity contribution is 0.0922. The summed E-state index contributed by atoms with van der Waals surface area (Å²) in [6.07, 6.45) is 6.66. The molecule has 0 fully saturated rings. The van der Waals surface area contributed by atoms with Crippen LogP contribution in [0.5, 0.6) is 0 Å². The van der Waals surface area contributed by atoms with Crippen molar-refractivity contribution in [1.29, 1.82) is 5.26 Å². The van der Waals surface area contributed by atoms with Crippen molar-refractivity contribution in [3.8, 4) is 6.07 Å². The molecule has 2 nitrogen and oxygen atoms in total. The third-order valence-corrected chi connectivity index (χ3v) is 2.51. The summed E-state index contributed by atoms with van der Waals surface area (Å²) in [7, 11) is 0. The van der Waals surface area contributed by atoms with E-state index in [0.717, 1.165) is 12.0 Å². The molecule has 0 aromatic rings. The minimum absolute atomic E-state index is 0.0972. The highest BCUT2D eigenvalue weighted by atomic mass is 16.5. The molecule has 0 aromatic heterocycles. The molecule has 0 bridgehead atoms. The molecule has 0 aliphatic heterocycles. The van der Waals surface area contributed by atoms with E-state index in [-0.39, 0.29) is 6.10 Å². The quantitative estimate of drug-likeness (QED) is 0.427. The van der Waals surface area contributed by atoms with E-state index in [1.54, 1.807) is 0 Å². The van der Waals surface area contributed by atoms with Gasteiger partial charge in [-0.05, 0) is 25.3 Å². The molecular weight excluding hydrogens is 186 g/mol. The summed E-state index contributed by atoms with van der Waals surface area (Å²) in [5, 5.41) is 8.37. The highest BCUT2D eigenvalue weighted by Crippen LogP contribution is 2.14. The predicted octanol–water partition coefficient (Wildman–Crippen LogP) is 3.83. The predicted molar refractivity (Wildman–Crippen MR) is 63.5 cm³/mol. The van der Waals surface area contributed by atoms with Crippen molar-refractivity contribution < 1.29 is 4.74 Å². The Morgan fingerprint density at radius 1 is 1.40 bits per heavy atom. The van der Waals surface area contributed by atoms with Gasteiger partial charge in [0.15, 0.2) is 0 Å². The van der Waals surface area contributed by atoms with Gasteiger partial charge in [-0.3, -0.25) is 0 Å². The molecule has 0 saturated heterocycles. The Morgan fingerprint density at radius 2 is 2.13 bits per heavy atom. The van der Waals surface area contributed by atoms with E-state index in [2.05, 4.69) is 19.6 Å². The Balaban J connectivity index is 3.48. The smallest absolute Gasteiger partial charge is 0.0754 e. The summed E-state index contributed by atoms with van der Waals surface area (Å²) >= 11 is 0. The van der Waals surface area contributed by atoms with Gasteiger partial charge in [-0.25, -0.2) is 0 Å². The van der Waals surface area contributed by atoms with Gasteiger partial charge in [-0.15, -0.1) is 0 Å². The summed E-state index contributed by atoms with van der Waals surface area (Å²) < 4.78 is 5.48. The minimum atomic E-state index is 0.0972. The van der Waals surface area contributed by atoms with Gasteiger partial charge in [-0.1, -0.05) is 32.8 Å². The lowest BCUT2D eigenvalue weighted by Crippen LogP contribution is -2.11. The minimum Gasteiger partial charge on any atom is -0.373 e. The van der Waals surface area contributed by atoms with Crippen molar-refractivity contribution in [2.45, 2.75) is 58.5 Å². The molecule has 0 heterocycles. The Labute approximate surface area is 93.9 Å². The van der Waals surface area contributed by atoms with Crippen LogP contribution in [-0.2, 0) is 4.74 Å². The van der Waals surface area contributed by atoms with Crippen LogP contribution in [0.15, 0.2) is 12.2 Å². The number of unbranched alkanes of at least 4 members (excludes halogenated alkanes) is 3. The maximum Gasteiger partial charge on any atom is 0.0754 e. The lowest BCUT2D eigenvalue weighted by atomic mass is 10.0. The van der Waals surface area contributed by atoms with Crippen molar-refractivity contribution >= 4 is 0 Å². The fourth-order valence-electron chi connectivity index (χ4n) is 1.38. The highest BCUT2D eigenvalue weighted by molar-refractivity contribution is 5.00. The number of ether oxygens (including phenoxy) is 1. The van der Waals surface area contributed by atoms with E-state index in [9.17, 15) is 0 Å². The normalized spacial score (nSPS) is 12.1. The summed E-state index contributed by atoms with van der Waals surface area (Å²) in [5.74, 6) is 0. The van der Waals surface area contributed by atoms with E-state index in [1.165, 1.54) is 25.7 Å². The first-order valence-corrected chi connectivity index (χ1v) is 5.88. The average molecular weight is 209 g/mol. The van der Waals surface area contributed by atoms with Crippen LogP contribution in [0.25, 0.3) is 0 Å². The lowest BCUT2D eigenvalue weighted by Gasteiger charge is -2.14. The van der Waals surface area contributed by atoms with Gasteiger partial charge in [0.1, 0.15) is 0 Å². The zero-order chi connectivity index (χ0) is 11.5. The molecule has 0 saturated carbocycles. The molecule has 0 aromatic carbocycles. The molecular formula is C13H23NO. The van der Waals surface area contributed by atoms with Crippen molar-refractivity contribution in [2.75, 3.05) is 6.61 Å². The molecule has 1 unspecified atom stereocenters. The van der Waals surface area contributed by atoms with Gasteiger partial charge >= 0.3 is 0 Å². The maximum atomic E-state index is 8.37. The number of hydrogen-bond acceptors (Lipinski definition) is 2. The molecule has 1 atom stereocenters. The van der Waals surface area contributed by atoms with Crippen molar-refractivity contribution in [3.63, 3.8) is 0 Å². The Bertz CT molecular complexity index is 205. The number of nitrogens with zero attached hydrogens (tertiary/aromatic N) is 1. The van der Waals surface area contributed by atoms with Crippen LogP contribution in [0.4, 0.5) is 0 Å². The van der Waals surface area contributed by atoms with E-state index in [4.69, 9.17) is 10.00 Å². The standard InChI is InChI=1S/C13H23NO/c1-4-5-6-7-9-12(2)13(3)15-11-8-10-14/h13H,2,4-9,11H2,1,3H3. The van der Waals surface area contributed by atoms with Crippen LogP contribution >= 0.6 is 0 Å². The third kappa shape index (κ3) is 8.20. The number of nitriles is 1. The summed E-state index contributed by atoms with van der Waals surface area (Å²) in [6.45, 7) is 8.77. The van der Waals surface area contributed by atoms with Crippen LogP contribution in [-0.4, -0.2) is 12.7 Å². The molecule has 0 aliphatic carbocycles. The van der Waals surface area contributed by atoms with Gasteiger partial charge in [-0.2, -0.15) is 5.26 Å². The fourth-order valence-corrected chi connectivity index (χ4v) is 1.38. The van der Waals surface area contributed by atoms with Gasteiger partial charge < -0.3 is 4.74 Å². The second-order valence-corrected chi connectivity index (χ2v) is 3.89. The first-order valence-electron chi connectivity index (χ1n) is 5.88. The molecule has 0 aliphatic rings. The second kappa shape index (κ2) is 9.73. The monoisotopic (exact) mass is 209 g/mol. The zero-order valence-electron chi connectivity index (χ0n) is 10.1. The summed E-state index contributed by atoms with van der Waals surface area (Å²) in [6, 6.07) is 2.07. The van der Waals surface area contributed by atoms with Crippen LogP contribution in [0.1, 0.15) is 52.4 Å². The molecule has 2 heteroatoms. The largest absolute Gasteiger partial charge is 0.373 e. The molecule has 15 heavy (non-hydrogen) atoms. The maximum absolute atomic E-state index is 8.37. The molecule has 0 spiro atoms. The Kier molecular flexibility index (Phi) is 9.21. The van der Waals surface area contributed by atoms with Crippen molar-refractivity contribution in [1.82, 2.24) is 0 Å². The summed E-state index contributed by atoms with van der Waals surface area (Å²) in [5.41, 5.74) is 1.16. The van der Waals surface area contributed by atoms with Gasteiger partial charge in [0, 0.05) is 0 Å². The van der Waals surface area contributed by atoms with E-state index >= 15 is 0 Å². The van der Waals surface area contributed by atoms with Crippen molar-refractivity contribution in [2.24, 2.45) is 0 Å². The molecule has 0 rings (SSSR count). The van der Waals surface area contributed by atoms with E-state index < -0.39 is 0 Å². The first-order chi connectivity index (χ1) is 7.22. The topological polar surface area (TPSA) is 33.0 Å². The second-order valence-electron chi connectivity index (χ2n) is 3.89.